The number of hydrogen-bond acceptors (Lipinski definition) is 4. The Morgan fingerprint density at radius 1 is 0.963 bits per heavy atom. The number of carbonyl (C=O) groups is 1. The zero-order chi connectivity index (χ0) is 19.6. The summed E-state index contributed by atoms with van der Waals surface area (Å²) in [6.07, 6.45) is 2.50. The highest BCUT2D eigenvalue weighted by molar-refractivity contribution is 5.75. The van der Waals surface area contributed by atoms with Crippen molar-refractivity contribution in [2.24, 2.45) is 0 Å². The van der Waals surface area contributed by atoms with Crippen molar-refractivity contribution in [1.29, 1.82) is 0 Å². The predicted octanol–water partition coefficient (Wildman–Crippen LogP) is 3.61. The first kappa shape index (κ1) is 20.8. The third kappa shape index (κ3) is 6.61. The lowest BCUT2D eigenvalue weighted by atomic mass is 10.1. The normalized spacial score (nSPS) is 11.7. The van der Waals surface area contributed by atoms with Crippen LogP contribution in [0.4, 0.5) is 0 Å². The number of aliphatic hydroxyl groups is 1. The van der Waals surface area contributed by atoms with Crippen LogP contribution in [0.25, 0.3) is 0 Å². The molecule has 0 aliphatic heterocycles. The number of ether oxygens (including phenoxy) is 2. The van der Waals surface area contributed by atoms with E-state index in [0.29, 0.717) is 6.42 Å². The van der Waals surface area contributed by atoms with Crippen LogP contribution in [-0.4, -0.2) is 43.7 Å². The van der Waals surface area contributed by atoms with Crippen molar-refractivity contribution in [3.63, 3.8) is 0 Å². The van der Waals surface area contributed by atoms with E-state index in [1.54, 1.807) is 38.3 Å². The van der Waals surface area contributed by atoms with Crippen molar-refractivity contribution in [2.45, 2.75) is 31.8 Å². The van der Waals surface area contributed by atoms with E-state index in [9.17, 15) is 9.90 Å². The van der Waals surface area contributed by atoms with Crippen molar-refractivity contribution in [3.8, 4) is 11.5 Å². The average Bonchev–Trinajstić information content (AvgIpc) is 2.71. The van der Waals surface area contributed by atoms with Gasteiger partial charge in [-0.05, 0) is 54.7 Å². The number of unbranched alkanes of at least 4 members (excludes halogenated alkanes) is 1. The van der Waals surface area contributed by atoms with Gasteiger partial charge in [0.05, 0.1) is 26.9 Å². The first-order valence-electron chi connectivity index (χ1n) is 9.22. The molecule has 146 valence electrons. The van der Waals surface area contributed by atoms with Gasteiger partial charge < -0.3 is 19.5 Å². The minimum absolute atomic E-state index is 0.0530. The fraction of sp³-hybridized carbons (Fsp3) is 0.409. The van der Waals surface area contributed by atoms with Crippen molar-refractivity contribution in [2.75, 3.05) is 27.8 Å². The van der Waals surface area contributed by atoms with Gasteiger partial charge in [0.25, 0.3) is 0 Å². The molecule has 1 unspecified atom stereocenters. The number of rotatable bonds is 10. The molecule has 0 saturated carbocycles. The summed E-state index contributed by atoms with van der Waals surface area (Å²) in [4.78, 5) is 13.9. The fourth-order valence-electron chi connectivity index (χ4n) is 2.88. The van der Waals surface area contributed by atoms with Crippen LogP contribution >= 0.6 is 0 Å². The monoisotopic (exact) mass is 371 g/mol. The third-order valence-electron chi connectivity index (χ3n) is 4.64. The number of aliphatic hydroxyl groups excluding tert-OH is 1. The summed E-state index contributed by atoms with van der Waals surface area (Å²) in [5, 5.41) is 10.3. The highest BCUT2D eigenvalue weighted by atomic mass is 16.5. The lowest BCUT2D eigenvalue weighted by Crippen LogP contribution is -2.30. The molecule has 2 aromatic rings. The Labute approximate surface area is 161 Å². The molecule has 1 atom stereocenters. The van der Waals surface area contributed by atoms with Crippen LogP contribution in [0.5, 0.6) is 11.5 Å². The van der Waals surface area contributed by atoms with Crippen LogP contribution in [-0.2, 0) is 11.2 Å². The van der Waals surface area contributed by atoms with Crippen LogP contribution in [0.3, 0.4) is 0 Å². The van der Waals surface area contributed by atoms with Gasteiger partial charge in [-0.15, -0.1) is 0 Å². The molecule has 5 nitrogen and oxygen atoms in total. The lowest BCUT2D eigenvalue weighted by Gasteiger charge is -2.21. The Bertz CT molecular complexity index is 697. The molecular formula is C22H29NO4. The van der Waals surface area contributed by atoms with Gasteiger partial charge in [0.2, 0.25) is 5.91 Å². The maximum atomic E-state index is 12.3. The second-order valence-corrected chi connectivity index (χ2v) is 6.62. The van der Waals surface area contributed by atoms with E-state index in [0.717, 1.165) is 36.3 Å². The summed E-state index contributed by atoms with van der Waals surface area (Å²) >= 11 is 0. The number of likely N-dealkylation sites (N-methyl/N-ethyl adjacent to an activating group) is 1. The molecule has 1 amide bonds. The van der Waals surface area contributed by atoms with Gasteiger partial charge in [0.1, 0.15) is 11.5 Å². The van der Waals surface area contributed by atoms with Crippen LogP contribution < -0.4 is 9.47 Å². The summed E-state index contributed by atoms with van der Waals surface area (Å²) in [7, 11) is 4.99. The van der Waals surface area contributed by atoms with E-state index >= 15 is 0 Å². The Morgan fingerprint density at radius 2 is 1.52 bits per heavy atom. The summed E-state index contributed by atoms with van der Waals surface area (Å²) in [5.41, 5.74) is 2.02. The molecule has 0 aliphatic rings. The Balaban J connectivity index is 1.70. The zero-order valence-corrected chi connectivity index (χ0v) is 16.4. The van der Waals surface area contributed by atoms with E-state index in [-0.39, 0.29) is 12.5 Å². The molecule has 0 heterocycles. The first-order valence-corrected chi connectivity index (χ1v) is 9.22. The SMILES string of the molecule is COc1ccc(CCCCC(=O)N(C)CC(O)c2ccc(OC)cc2)cc1. The molecular weight excluding hydrogens is 342 g/mol. The van der Waals surface area contributed by atoms with E-state index in [4.69, 9.17) is 9.47 Å². The van der Waals surface area contributed by atoms with Crippen molar-refractivity contribution in [1.82, 2.24) is 4.90 Å². The molecule has 0 aromatic heterocycles. The van der Waals surface area contributed by atoms with Gasteiger partial charge in [0, 0.05) is 13.5 Å². The summed E-state index contributed by atoms with van der Waals surface area (Å²) in [5.74, 6) is 1.65. The van der Waals surface area contributed by atoms with Crippen molar-refractivity contribution in [3.05, 3.63) is 59.7 Å². The molecule has 2 aromatic carbocycles. The van der Waals surface area contributed by atoms with Gasteiger partial charge in [-0.25, -0.2) is 0 Å². The smallest absolute Gasteiger partial charge is 0.222 e. The maximum Gasteiger partial charge on any atom is 0.222 e. The molecule has 0 saturated heterocycles. The number of carbonyl (C=O) groups excluding carboxylic acids is 1. The number of nitrogens with zero attached hydrogens (tertiary/aromatic N) is 1. The lowest BCUT2D eigenvalue weighted by molar-refractivity contribution is -0.131. The van der Waals surface area contributed by atoms with Crippen LogP contribution in [0.15, 0.2) is 48.5 Å². The Hall–Kier alpha value is -2.53. The summed E-state index contributed by atoms with van der Waals surface area (Å²) in [6.45, 7) is 0.281. The molecule has 0 spiro atoms. The van der Waals surface area contributed by atoms with Gasteiger partial charge in [-0.2, -0.15) is 0 Å². The number of aryl methyl sites for hydroxylation is 1. The largest absolute Gasteiger partial charge is 0.497 e. The minimum Gasteiger partial charge on any atom is -0.497 e. The van der Waals surface area contributed by atoms with Crippen molar-refractivity contribution >= 4 is 5.91 Å². The van der Waals surface area contributed by atoms with Gasteiger partial charge in [0.15, 0.2) is 0 Å². The number of methoxy groups -OCH3 is 2. The van der Waals surface area contributed by atoms with E-state index in [1.165, 1.54) is 5.56 Å². The van der Waals surface area contributed by atoms with E-state index in [2.05, 4.69) is 12.1 Å². The van der Waals surface area contributed by atoms with E-state index in [1.807, 2.05) is 24.3 Å². The second-order valence-electron chi connectivity index (χ2n) is 6.62. The molecule has 2 rings (SSSR count). The number of benzene rings is 2. The number of amides is 1. The minimum atomic E-state index is -0.704. The highest BCUT2D eigenvalue weighted by Crippen LogP contribution is 2.19. The number of hydrogen-bond donors (Lipinski definition) is 1. The zero-order valence-electron chi connectivity index (χ0n) is 16.4. The average molecular weight is 371 g/mol. The van der Waals surface area contributed by atoms with E-state index < -0.39 is 6.10 Å². The first-order chi connectivity index (χ1) is 13.0. The van der Waals surface area contributed by atoms with Gasteiger partial charge in [-0.3, -0.25) is 4.79 Å². The molecule has 0 fully saturated rings. The predicted molar refractivity (Wildman–Crippen MR) is 106 cm³/mol. The van der Waals surface area contributed by atoms with Crippen LogP contribution in [0, 0.1) is 0 Å². The van der Waals surface area contributed by atoms with Gasteiger partial charge in [-0.1, -0.05) is 24.3 Å². The molecule has 0 bridgehead atoms. The highest BCUT2D eigenvalue weighted by Gasteiger charge is 2.15. The molecule has 1 N–H and O–H groups in total. The topological polar surface area (TPSA) is 59.0 Å². The van der Waals surface area contributed by atoms with Crippen molar-refractivity contribution < 1.29 is 19.4 Å². The third-order valence-corrected chi connectivity index (χ3v) is 4.64. The standard InChI is InChI=1S/C22H29NO4/c1-23(16-21(24)18-10-14-20(27-3)15-11-18)22(25)7-5-4-6-17-8-12-19(26-2)13-9-17/h8-15,21,24H,4-7,16H2,1-3H3. The summed E-state index contributed by atoms with van der Waals surface area (Å²) in [6, 6.07) is 15.3. The Morgan fingerprint density at radius 3 is 2.07 bits per heavy atom. The second kappa shape index (κ2) is 10.6. The fourth-order valence-corrected chi connectivity index (χ4v) is 2.88. The maximum absolute atomic E-state index is 12.3. The van der Waals surface area contributed by atoms with Crippen LogP contribution in [0.2, 0.25) is 0 Å². The Kier molecular flexibility index (Phi) is 8.14. The van der Waals surface area contributed by atoms with Gasteiger partial charge >= 0.3 is 0 Å². The quantitative estimate of drug-likeness (QED) is 0.648. The van der Waals surface area contributed by atoms with Crippen LogP contribution in [0.1, 0.15) is 36.5 Å². The molecule has 27 heavy (non-hydrogen) atoms. The molecule has 0 radical (unpaired) electrons. The molecule has 5 heteroatoms. The summed E-state index contributed by atoms with van der Waals surface area (Å²) < 4.78 is 10.3. The molecule has 0 aliphatic carbocycles.